The molecule has 0 aliphatic rings. The van der Waals surface area contributed by atoms with Gasteiger partial charge in [-0.05, 0) is 44.4 Å². The van der Waals surface area contributed by atoms with E-state index in [1.165, 1.54) is 16.7 Å². The number of hydrogen-bond donors (Lipinski definition) is 3. The molecule has 0 amide bonds. The third kappa shape index (κ3) is 6.61. The van der Waals surface area contributed by atoms with Gasteiger partial charge in [-0.3, -0.25) is 4.99 Å². The van der Waals surface area contributed by atoms with Crippen molar-refractivity contribution in [1.82, 2.24) is 10.6 Å². The summed E-state index contributed by atoms with van der Waals surface area (Å²) in [7, 11) is 0. The van der Waals surface area contributed by atoms with Gasteiger partial charge in [0.05, 0.1) is 18.7 Å². The summed E-state index contributed by atoms with van der Waals surface area (Å²) < 4.78 is 0. The van der Waals surface area contributed by atoms with Crippen LogP contribution in [0.25, 0.3) is 0 Å². The number of nitrogens with zero attached hydrogens (tertiary/aromatic N) is 1. The first-order valence-corrected chi connectivity index (χ1v) is 8.86. The summed E-state index contributed by atoms with van der Waals surface area (Å²) in [6, 6.07) is 16.4. The number of hydrogen-bond acceptors (Lipinski definition) is 2. The second-order valence-electron chi connectivity index (χ2n) is 6.37. The Hall–Kier alpha value is -1.60. The van der Waals surface area contributed by atoms with Gasteiger partial charge >= 0.3 is 0 Å². The van der Waals surface area contributed by atoms with Crippen molar-refractivity contribution >= 4 is 29.9 Å². The summed E-state index contributed by atoms with van der Waals surface area (Å²) in [6.45, 7) is 9.39. The Morgan fingerprint density at radius 3 is 2.35 bits per heavy atom. The van der Waals surface area contributed by atoms with E-state index in [-0.39, 0.29) is 30.0 Å². The van der Waals surface area contributed by atoms with Crippen molar-refractivity contribution in [2.75, 3.05) is 13.1 Å². The number of halogens is 1. The van der Waals surface area contributed by atoms with Crippen molar-refractivity contribution in [3.8, 4) is 0 Å². The maximum atomic E-state index is 10.4. The fraction of sp³-hybridized carbons (Fsp3) is 0.381. The van der Waals surface area contributed by atoms with Gasteiger partial charge in [0.1, 0.15) is 0 Å². The first kappa shape index (κ1) is 22.4. The van der Waals surface area contributed by atoms with Crippen LogP contribution < -0.4 is 10.6 Å². The summed E-state index contributed by atoms with van der Waals surface area (Å²) in [6.07, 6.45) is -0.607. The molecule has 4 nitrogen and oxygen atoms in total. The predicted molar refractivity (Wildman–Crippen MR) is 120 cm³/mol. The van der Waals surface area contributed by atoms with E-state index in [1.807, 2.05) is 50.2 Å². The lowest BCUT2D eigenvalue weighted by atomic mass is 10.0. The highest BCUT2D eigenvalue weighted by molar-refractivity contribution is 14.0. The number of guanidine groups is 1. The first-order chi connectivity index (χ1) is 12.0. The van der Waals surface area contributed by atoms with Crippen molar-refractivity contribution in [1.29, 1.82) is 0 Å². The Bertz CT molecular complexity index is 701. The molecule has 0 radical (unpaired) electrons. The van der Waals surface area contributed by atoms with Gasteiger partial charge < -0.3 is 15.7 Å². The number of rotatable bonds is 6. The van der Waals surface area contributed by atoms with Crippen LogP contribution in [0.2, 0.25) is 0 Å². The molecule has 3 N–H and O–H groups in total. The third-order valence-electron chi connectivity index (χ3n) is 4.24. The number of aliphatic hydroxyl groups is 1. The van der Waals surface area contributed by atoms with Gasteiger partial charge in [0.25, 0.3) is 0 Å². The lowest BCUT2D eigenvalue weighted by Crippen LogP contribution is -2.39. The van der Waals surface area contributed by atoms with E-state index >= 15 is 0 Å². The van der Waals surface area contributed by atoms with Gasteiger partial charge in [-0.2, -0.15) is 0 Å². The van der Waals surface area contributed by atoms with Gasteiger partial charge in [0.15, 0.2) is 5.96 Å². The maximum Gasteiger partial charge on any atom is 0.191 e. The molecule has 0 fully saturated rings. The first-order valence-electron chi connectivity index (χ1n) is 8.86. The Balaban J connectivity index is 0.00000338. The summed E-state index contributed by atoms with van der Waals surface area (Å²) >= 11 is 0. The minimum atomic E-state index is -0.607. The monoisotopic (exact) mass is 467 g/mol. The predicted octanol–water partition coefficient (Wildman–Crippen LogP) is 4.27. The maximum absolute atomic E-state index is 10.4. The third-order valence-corrected chi connectivity index (χ3v) is 4.24. The second kappa shape index (κ2) is 11.2. The van der Waals surface area contributed by atoms with E-state index in [4.69, 9.17) is 0 Å². The van der Waals surface area contributed by atoms with Crippen LogP contribution in [0.1, 0.15) is 48.2 Å². The molecule has 0 spiro atoms. The molecule has 142 valence electrons. The largest absolute Gasteiger partial charge is 0.386 e. The highest BCUT2D eigenvalue weighted by Gasteiger charge is 2.11. The molecule has 0 aliphatic carbocycles. The van der Waals surface area contributed by atoms with Crippen LogP contribution in [0.4, 0.5) is 0 Å². The molecule has 2 aromatic rings. The number of nitrogens with one attached hydrogen (secondary N) is 2. The van der Waals surface area contributed by atoms with Crippen LogP contribution in [-0.4, -0.2) is 24.2 Å². The number of aliphatic imine (C=N–C) groups is 1. The number of aryl methyl sites for hydroxylation is 2. The summed E-state index contributed by atoms with van der Waals surface area (Å²) in [4.78, 5) is 4.55. The van der Waals surface area contributed by atoms with E-state index in [0.29, 0.717) is 12.5 Å². The van der Waals surface area contributed by atoms with E-state index in [2.05, 4.69) is 41.6 Å². The Morgan fingerprint density at radius 1 is 1.08 bits per heavy atom. The lowest BCUT2D eigenvalue weighted by molar-refractivity contribution is 0.187. The fourth-order valence-corrected chi connectivity index (χ4v) is 2.75. The molecule has 0 bridgehead atoms. The van der Waals surface area contributed by atoms with Crippen molar-refractivity contribution in [2.24, 2.45) is 4.99 Å². The normalized spacial score (nSPS) is 13.5. The van der Waals surface area contributed by atoms with Crippen LogP contribution >= 0.6 is 24.0 Å². The van der Waals surface area contributed by atoms with E-state index in [0.717, 1.165) is 12.1 Å². The van der Waals surface area contributed by atoms with E-state index in [1.54, 1.807) is 0 Å². The molecule has 2 aromatic carbocycles. The highest BCUT2D eigenvalue weighted by atomic mass is 127. The standard InChI is InChI=1S/C21H29N3O.HI/c1-5-22-21(24-17(4)19-9-7-6-8-16(19)3)23-14-20(25)18-12-10-15(2)11-13-18;/h6-13,17,20,25H,5,14H2,1-4H3,(H2,22,23,24);1H. The summed E-state index contributed by atoms with van der Waals surface area (Å²) in [5.74, 6) is 0.712. The molecule has 5 heteroatoms. The fourth-order valence-electron chi connectivity index (χ4n) is 2.75. The Labute approximate surface area is 174 Å². The van der Waals surface area contributed by atoms with Crippen LogP contribution in [-0.2, 0) is 0 Å². The summed E-state index contributed by atoms with van der Waals surface area (Å²) in [5.41, 5.74) is 4.56. The molecule has 2 rings (SSSR count). The zero-order chi connectivity index (χ0) is 18.2. The molecule has 0 saturated heterocycles. The van der Waals surface area contributed by atoms with Gasteiger partial charge in [0, 0.05) is 6.54 Å². The zero-order valence-corrected chi connectivity index (χ0v) is 18.3. The SMILES string of the molecule is CCNC(=NCC(O)c1ccc(C)cc1)NC(C)c1ccccc1C.I. The van der Waals surface area contributed by atoms with Gasteiger partial charge in [-0.25, -0.2) is 0 Å². The summed E-state index contributed by atoms with van der Waals surface area (Å²) in [5, 5.41) is 17.0. The second-order valence-corrected chi connectivity index (χ2v) is 6.37. The average molecular weight is 467 g/mol. The lowest BCUT2D eigenvalue weighted by Gasteiger charge is -2.20. The Kier molecular flexibility index (Phi) is 9.65. The molecular formula is C21H30IN3O. The quantitative estimate of drug-likeness (QED) is 0.338. The minimum absolute atomic E-state index is 0. The number of aliphatic hydroxyl groups excluding tert-OH is 1. The van der Waals surface area contributed by atoms with Crippen molar-refractivity contribution in [3.63, 3.8) is 0 Å². The topological polar surface area (TPSA) is 56.7 Å². The van der Waals surface area contributed by atoms with Gasteiger partial charge in [-0.1, -0.05) is 54.1 Å². The van der Waals surface area contributed by atoms with Crippen LogP contribution in [0.3, 0.4) is 0 Å². The molecule has 0 aliphatic heterocycles. The zero-order valence-electron chi connectivity index (χ0n) is 16.0. The molecule has 2 atom stereocenters. The highest BCUT2D eigenvalue weighted by Crippen LogP contribution is 2.17. The number of benzene rings is 2. The van der Waals surface area contributed by atoms with Crippen LogP contribution in [0.15, 0.2) is 53.5 Å². The van der Waals surface area contributed by atoms with Crippen molar-refractivity contribution in [3.05, 3.63) is 70.8 Å². The smallest absolute Gasteiger partial charge is 0.191 e. The minimum Gasteiger partial charge on any atom is -0.386 e. The Morgan fingerprint density at radius 2 is 1.73 bits per heavy atom. The average Bonchev–Trinajstić information content (AvgIpc) is 2.60. The van der Waals surface area contributed by atoms with Gasteiger partial charge in [0.2, 0.25) is 0 Å². The van der Waals surface area contributed by atoms with Crippen molar-refractivity contribution in [2.45, 2.75) is 39.8 Å². The molecule has 0 heterocycles. The molecular weight excluding hydrogens is 437 g/mol. The molecule has 0 aromatic heterocycles. The molecule has 0 saturated carbocycles. The van der Waals surface area contributed by atoms with Crippen LogP contribution in [0, 0.1) is 13.8 Å². The van der Waals surface area contributed by atoms with Gasteiger partial charge in [-0.15, -0.1) is 24.0 Å². The van der Waals surface area contributed by atoms with Crippen LogP contribution in [0.5, 0.6) is 0 Å². The molecule has 26 heavy (non-hydrogen) atoms. The van der Waals surface area contributed by atoms with E-state index in [9.17, 15) is 5.11 Å². The van der Waals surface area contributed by atoms with E-state index < -0.39 is 6.10 Å². The molecule has 2 unspecified atom stereocenters. The van der Waals surface area contributed by atoms with Crippen molar-refractivity contribution < 1.29 is 5.11 Å².